The number of carbonyl (C=O) groups is 1. The monoisotopic (exact) mass is 255 g/mol. The normalized spacial score (nSPS) is 16.0. The summed E-state index contributed by atoms with van der Waals surface area (Å²) in [6.07, 6.45) is 2.12. The number of benzene rings is 1. The molecule has 1 fully saturated rings. The summed E-state index contributed by atoms with van der Waals surface area (Å²) in [5.41, 5.74) is 4.40. The predicted molar refractivity (Wildman–Crippen MR) is 78.8 cm³/mol. The molecule has 1 saturated carbocycles. The van der Waals surface area contributed by atoms with Crippen LogP contribution in [-0.2, 0) is 5.41 Å². The van der Waals surface area contributed by atoms with E-state index in [-0.39, 0.29) is 11.3 Å². The number of fused-ring (bicyclic) bond motifs is 1. The lowest BCUT2D eigenvalue weighted by Crippen LogP contribution is -2.11. The Morgan fingerprint density at radius 1 is 1.26 bits per heavy atom. The van der Waals surface area contributed by atoms with Gasteiger partial charge in [-0.15, -0.1) is 0 Å². The second kappa shape index (κ2) is 3.96. The molecule has 0 saturated heterocycles. The van der Waals surface area contributed by atoms with Crippen LogP contribution in [0, 0.1) is 12.8 Å². The molecule has 0 spiro atoms. The highest BCUT2D eigenvalue weighted by Gasteiger charge is 2.33. The molecule has 0 bridgehead atoms. The van der Waals surface area contributed by atoms with Gasteiger partial charge in [-0.05, 0) is 42.9 Å². The van der Waals surface area contributed by atoms with Gasteiger partial charge in [0.2, 0.25) is 0 Å². The Morgan fingerprint density at radius 2 is 1.95 bits per heavy atom. The third kappa shape index (κ3) is 2.09. The quantitative estimate of drug-likeness (QED) is 0.794. The molecule has 1 aliphatic rings. The Bertz CT molecular complexity index is 654. The first-order valence-electron chi connectivity index (χ1n) is 7.05. The number of aromatic nitrogens is 1. The van der Waals surface area contributed by atoms with Crippen LogP contribution in [0.4, 0.5) is 0 Å². The van der Waals surface area contributed by atoms with Gasteiger partial charge in [0.05, 0.1) is 0 Å². The van der Waals surface area contributed by atoms with E-state index >= 15 is 0 Å². The number of hydrogen-bond donors (Lipinski definition) is 1. The molecule has 0 atom stereocenters. The van der Waals surface area contributed by atoms with E-state index in [9.17, 15) is 4.79 Å². The molecule has 2 heteroatoms. The van der Waals surface area contributed by atoms with Crippen molar-refractivity contribution in [2.24, 2.45) is 5.92 Å². The zero-order chi connectivity index (χ0) is 13.8. The topological polar surface area (TPSA) is 32.9 Å². The van der Waals surface area contributed by atoms with Crippen molar-refractivity contribution in [1.29, 1.82) is 0 Å². The molecule has 0 unspecified atom stereocenters. The standard InChI is InChI=1S/C17H21NO/c1-10-15(16(19)11-5-6-11)13-9-12(17(2,3)4)7-8-14(13)18-10/h7-9,11,18H,5-6H2,1-4H3. The lowest BCUT2D eigenvalue weighted by molar-refractivity contribution is 0.0968. The van der Waals surface area contributed by atoms with Crippen LogP contribution in [0.2, 0.25) is 0 Å². The van der Waals surface area contributed by atoms with Crippen molar-refractivity contribution in [1.82, 2.24) is 4.98 Å². The molecule has 2 aromatic rings. The van der Waals surface area contributed by atoms with E-state index in [1.165, 1.54) is 5.56 Å². The first-order chi connectivity index (χ1) is 8.88. The van der Waals surface area contributed by atoms with Gasteiger partial charge in [0, 0.05) is 28.1 Å². The van der Waals surface area contributed by atoms with Crippen LogP contribution in [0.1, 0.15) is 55.2 Å². The highest BCUT2D eigenvalue weighted by atomic mass is 16.1. The fourth-order valence-electron chi connectivity index (χ4n) is 2.66. The zero-order valence-corrected chi connectivity index (χ0v) is 12.1. The number of aryl methyl sites for hydroxylation is 1. The third-order valence-corrected chi connectivity index (χ3v) is 4.05. The summed E-state index contributed by atoms with van der Waals surface area (Å²) in [6.45, 7) is 8.62. The first-order valence-corrected chi connectivity index (χ1v) is 7.05. The van der Waals surface area contributed by atoms with Gasteiger partial charge in [-0.2, -0.15) is 0 Å². The molecule has 0 radical (unpaired) electrons. The Kier molecular flexibility index (Phi) is 2.60. The van der Waals surface area contributed by atoms with Gasteiger partial charge < -0.3 is 4.98 Å². The van der Waals surface area contributed by atoms with E-state index < -0.39 is 0 Å². The molecule has 1 aromatic carbocycles. The number of nitrogens with one attached hydrogen (secondary N) is 1. The fourth-order valence-corrected chi connectivity index (χ4v) is 2.66. The summed E-state index contributed by atoms with van der Waals surface area (Å²) in [6, 6.07) is 6.45. The van der Waals surface area contributed by atoms with Gasteiger partial charge in [-0.3, -0.25) is 4.79 Å². The summed E-state index contributed by atoms with van der Waals surface area (Å²) < 4.78 is 0. The van der Waals surface area contributed by atoms with E-state index in [1.54, 1.807) is 0 Å². The second-order valence-corrected chi connectivity index (χ2v) is 6.77. The lowest BCUT2D eigenvalue weighted by Gasteiger charge is -2.19. The summed E-state index contributed by atoms with van der Waals surface area (Å²) >= 11 is 0. The molecule has 1 N–H and O–H groups in total. The average molecular weight is 255 g/mol. The summed E-state index contributed by atoms with van der Waals surface area (Å²) in [4.78, 5) is 15.8. The number of rotatable bonds is 2. The van der Waals surface area contributed by atoms with Gasteiger partial charge in [-0.25, -0.2) is 0 Å². The number of Topliss-reactive ketones (excluding diaryl/α,β-unsaturated/α-hetero) is 1. The molecule has 100 valence electrons. The van der Waals surface area contributed by atoms with Gasteiger partial charge in [0.25, 0.3) is 0 Å². The highest BCUT2D eigenvalue weighted by Crippen LogP contribution is 2.37. The zero-order valence-electron chi connectivity index (χ0n) is 12.1. The Hall–Kier alpha value is -1.57. The predicted octanol–water partition coefficient (Wildman–Crippen LogP) is 4.37. The highest BCUT2D eigenvalue weighted by molar-refractivity contribution is 6.11. The SMILES string of the molecule is Cc1[nH]c2ccc(C(C)(C)C)cc2c1C(=O)C1CC1. The van der Waals surface area contributed by atoms with Crippen molar-refractivity contribution in [3.05, 3.63) is 35.0 Å². The Morgan fingerprint density at radius 3 is 2.53 bits per heavy atom. The maximum absolute atomic E-state index is 12.4. The minimum atomic E-state index is 0.110. The van der Waals surface area contributed by atoms with Gasteiger partial charge in [-0.1, -0.05) is 26.8 Å². The maximum atomic E-state index is 12.4. The third-order valence-electron chi connectivity index (χ3n) is 4.05. The molecule has 1 aromatic heterocycles. The maximum Gasteiger partial charge on any atom is 0.168 e. The van der Waals surface area contributed by atoms with Crippen molar-refractivity contribution >= 4 is 16.7 Å². The number of carbonyl (C=O) groups excluding carboxylic acids is 1. The summed E-state index contributed by atoms with van der Waals surface area (Å²) in [7, 11) is 0. The summed E-state index contributed by atoms with van der Waals surface area (Å²) in [5, 5.41) is 1.10. The number of H-pyrrole nitrogens is 1. The van der Waals surface area contributed by atoms with E-state index in [1.807, 2.05) is 6.92 Å². The van der Waals surface area contributed by atoms with E-state index in [4.69, 9.17) is 0 Å². The van der Waals surface area contributed by atoms with E-state index in [2.05, 4.69) is 44.0 Å². The van der Waals surface area contributed by atoms with Gasteiger partial charge in [0.15, 0.2) is 5.78 Å². The molecule has 3 rings (SSSR count). The van der Waals surface area contributed by atoms with Crippen LogP contribution in [0.15, 0.2) is 18.2 Å². The van der Waals surface area contributed by atoms with E-state index in [0.29, 0.717) is 5.78 Å². The van der Waals surface area contributed by atoms with Crippen LogP contribution in [0.5, 0.6) is 0 Å². The van der Waals surface area contributed by atoms with Gasteiger partial charge in [0.1, 0.15) is 0 Å². The molecule has 1 aliphatic carbocycles. The van der Waals surface area contributed by atoms with Crippen LogP contribution < -0.4 is 0 Å². The minimum Gasteiger partial charge on any atom is -0.358 e. The minimum absolute atomic E-state index is 0.110. The van der Waals surface area contributed by atoms with Crippen LogP contribution in [0.25, 0.3) is 10.9 Å². The van der Waals surface area contributed by atoms with Crippen LogP contribution in [0.3, 0.4) is 0 Å². The molecule has 2 nitrogen and oxygen atoms in total. The second-order valence-electron chi connectivity index (χ2n) is 6.77. The average Bonchev–Trinajstić information content (AvgIpc) is 3.09. The Labute approximate surface area is 114 Å². The Balaban J connectivity index is 2.19. The smallest absolute Gasteiger partial charge is 0.168 e. The first kappa shape index (κ1) is 12.5. The van der Waals surface area contributed by atoms with E-state index in [0.717, 1.165) is 35.0 Å². The van der Waals surface area contributed by atoms with Gasteiger partial charge >= 0.3 is 0 Å². The lowest BCUT2D eigenvalue weighted by atomic mass is 9.86. The largest absolute Gasteiger partial charge is 0.358 e. The van der Waals surface area contributed by atoms with Crippen LogP contribution in [-0.4, -0.2) is 10.8 Å². The van der Waals surface area contributed by atoms with Crippen molar-refractivity contribution in [3.63, 3.8) is 0 Å². The summed E-state index contributed by atoms with van der Waals surface area (Å²) in [5.74, 6) is 0.603. The van der Waals surface area contributed by atoms with Crippen molar-refractivity contribution in [3.8, 4) is 0 Å². The molecule has 1 heterocycles. The van der Waals surface area contributed by atoms with Crippen molar-refractivity contribution < 1.29 is 4.79 Å². The van der Waals surface area contributed by atoms with Crippen LogP contribution >= 0.6 is 0 Å². The number of ketones is 1. The molecule has 0 amide bonds. The van der Waals surface area contributed by atoms with Crippen molar-refractivity contribution in [2.75, 3.05) is 0 Å². The van der Waals surface area contributed by atoms with Crippen molar-refractivity contribution in [2.45, 2.75) is 46.0 Å². The molecular weight excluding hydrogens is 234 g/mol. The molecular formula is C17H21NO. The number of aromatic amines is 1. The molecule has 19 heavy (non-hydrogen) atoms. The molecule has 0 aliphatic heterocycles. The number of hydrogen-bond acceptors (Lipinski definition) is 1. The fraction of sp³-hybridized carbons (Fsp3) is 0.471.